The van der Waals surface area contributed by atoms with Crippen molar-refractivity contribution in [3.8, 4) is 0 Å². The molecule has 1 N–H and O–H groups in total. The minimum atomic E-state index is -1.26. The predicted octanol–water partition coefficient (Wildman–Crippen LogP) is -1.97. The predicted molar refractivity (Wildman–Crippen MR) is 56.3 cm³/mol. The van der Waals surface area contributed by atoms with E-state index < -0.39 is 18.0 Å². The molecule has 0 bridgehead atoms. The normalized spacial score (nSPS) is 11.6. The van der Waals surface area contributed by atoms with Crippen molar-refractivity contribution in [3.05, 3.63) is 0 Å². The maximum atomic E-state index is 10.6. The van der Waals surface area contributed by atoms with Gasteiger partial charge in [0.2, 0.25) is 0 Å². The molecule has 0 amide bonds. The SMILES string of the molecule is CCCCCN[C@@H](CCC(=O)[O-])C(=O)[O-].[Mg+2]. The Hall–Kier alpha value is -0.334. The number of carboxylic acid groups (broad SMARTS) is 2. The first kappa shape index (κ1) is 18.0. The summed E-state index contributed by atoms with van der Waals surface area (Å²) >= 11 is 0. The second-order valence-corrected chi connectivity index (χ2v) is 3.44. The second-order valence-electron chi connectivity index (χ2n) is 3.44. The number of carboxylic acids is 2. The van der Waals surface area contributed by atoms with Gasteiger partial charge in [0.25, 0.3) is 0 Å². The van der Waals surface area contributed by atoms with Gasteiger partial charge in [0.15, 0.2) is 0 Å². The molecule has 1 atom stereocenters. The van der Waals surface area contributed by atoms with Gasteiger partial charge in [-0.05, 0) is 25.8 Å². The zero-order chi connectivity index (χ0) is 11.7. The summed E-state index contributed by atoms with van der Waals surface area (Å²) in [7, 11) is 0. The van der Waals surface area contributed by atoms with Crippen molar-refractivity contribution in [1.82, 2.24) is 5.32 Å². The van der Waals surface area contributed by atoms with Crippen molar-refractivity contribution >= 4 is 35.0 Å². The molecule has 0 saturated carbocycles. The average molecular weight is 240 g/mol. The molecular weight excluding hydrogens is 222 g/mol. The van der Waals surface area contributed by atoms with Gasteiger partial charge in [0, 0.05) is 12.0 Å². The van der Waals surface area contributed by atoms with Crippen LogP contribution in [0.1, 0.15) is 39.0 Å². The van der Waals surface area contributed by atoms with Crippen molar-refractivity contribution in [2.75, 3.05) is 6.54 Å². The summed E-state index contributed by atoms with van der Waals surface area (Å²) in [5, 5.41) is 23.5. The standard InChI is InChI=1S/C10H19NO4.Mg/c1-2-3-4-7-11-8(10(14)15)5-6-9(12)13;/h8,11H,2-7H2,1H3,(H,12,13)(H,14,15);/q;+2/p-2/t8-;/m0./s1. The summed E-state index contributed by atoms with van der Waals surface area (Å²) in [6.45, 7) is 2.62. The number of nitrogens with one attached hydrogen (secondary N) is 1. The molecule has 0 unspecified atom stereocenters. The van der Waals surface area contributed by atoms with Gasteiger partial charge in [-0.2, -0.15) is 0 Å². The second kappa shape index (κ2) is 11.2. The summed E-state index contributed by atoms with van der Waals surface area (Å²) in [5.41, 5.74) is 0. The number of hydrogen-bond acceptors (Lipinski definition) is 5. The monoisotopic (exact) mass is 239 g/mol. The molecule has 0 aromatic carbocycles. The van der Waals surface area contributed by atoms with Crippen LogP contribution in [-0.2, 0) is 9.59 Å². The third kappa shape index (κ3) is 10.2. The fourth-order valence-corrected chi connectivity index (χ4v) is 1.22. The minimum Gasteiger partial charge on any atom is -0.550 e. The number of unbranched alkanes of at least 4 members (excludes halogenated alkanes) is 2. The van der Waals surface area contributed by atoms with Crippen LogP contribution in [0.5, 0.6) is 0 Å². The first-order valence-electron chi connectivity index (χ1n) is 5.22. The van der Waals surface area contributed by atoms with Gasteiger partial charge in [-0.1, -0.05) is 19.8 Å². The third-order valence-electron chi connectivity index (χ3n) is 2.09. The Kier molecular flexibility index (Phi) is 12.6. The van der Waals surface area contributed by atoms with Crippen molar-refractivity contribution in [1.29, 1.82) is 0 Å². The van der Waals surface area contributed by atoms with Crippen LogP contribution in [0.3, 0.4) is 0 Å². The van der Waals surface area contributed by atoms with E-state index in [2.05, 4.69) is 5.32 Å². The summed E-state index contributed by atoms with van der Waals surface area (Å²) in [6.07, 6.45) is 2.70. The van der Waals surface area contributed by atoms with E-state index in [1.165, 1.54) is 0 Å². The molecule has 0 radical (unpaired) electrons. The fraction of sp³-hybridized carbons (Fsp3) is 0.800. The van der Waals surface area contributed by atoms with E-state index in [0.29, 0.717) is 6.54 Å². The molecule has 0 aromatic heterocycles. The zero-order valence-corrected chi connectivity index (χ0v) is 11.1. The molecule has 0 spiro atoms. The molecule has 0 aliphatic rings. The molecule has 0 heterocycles. The quantitative estimate of drug-likeness (QED) is 0.372. The van der Waals surface area contributed by atoms with Gasteiger partial charge < -0.3 is 25.1 Å². The Morgan fingerprint density at radius 1 is 1.25 bits per heavy atom. The van der Waals surface area contributed by atoms with E-state index in [-0.39, 0.29) is 35.9 Å². The number of carbonyl (C=O) groups excluding carboxylic acids is 2. The van der Waals surface area contributed by atoms with Gasteiger partial charge in [-0.3, -0.25) is 0 Å². The van der Waals surface area contributed by atoms with E-state index in [0.717, 1.165) is 19.3 Å². The topological polar surface area (TPSA) is 92.3 Å². The first-order chi connectivity index (χ1) is 7.07. The third-order valence-corrected chi connectivity index (χ3v) is 2.09. The van der Waals surface area contributed by atoms with Crippen LogP contribution in [0.25, 0.3) is 0 Å². The molecule has 0 rings (SSSR count). The Morgan fingerprint density at radius 2 is 1.88 bits per heavy atom. The van der Waals surface area contributed by atoms with Gasteiger partial charge in [0.05, 0.1) is 5.97 Å². The van der Waals surface area contributed by atoms with Gasteiger partial charge in [0.1, 0.15) is 0 Å². The minimum absolute atomic E-state index is 0. The molecule has 6 heteroatoms. The van der Waals surface area contributed by atoms with Gasteiger partial charge in [-0.15, -0.1) is 0 Å². The summed E-state index contributed by atoms with van der Waals surface area (Å²) in [5.74, 6) is -2.50. The fourth-order valence-electron chi connectivity index (χ4n) is 1.22. The van der Waals surface area contributed by atoms with Crippen LogP contribution >= 0.6 is 0 Å². The Labute approximate surface area is 112 Å². The average Bonchev–Trinajstić information content (AvgIpc) is 2.15. The maximum Gasteiger partial charge on any atom is 2.00 e. The van der Waals surface area contributed by atoms with Crippen LogP contribution in [0, 0.1) is 0 Å². The van der Waals surface area contributed by atoms with Gasteiger partial charge >= 0.3 is 23.1 Å². The number of carbonyl (C=O) groups is 2. The molecule has 5 nitrogen and oxygen atoms in total. The molecule has 0 saturated heterocycles. The van der Waals surface area contributed by atoms with Crippen LogP contribution in [0.2, 0.25) is 0 Å². The summed E-state index contributed by atoms with van der Waals surface area (Å²) in [4.78, 5) is 20.7. The molecule has 0 aliphatic heterocycles. The molecule has 0 fully saturated rings. The van der Waals surface area contributed by atoms with E-state index >= 15 is 0 Å². The first-order valence-corrected chi connectivity index (χ1v) is 5.22. The molecule has 16 heavy (non-hydrogen) atoms. The van der Waals surface area contributed by atoms with Crippen molar-refractivity contribution in [2.24, 2.45) is 0 Å². The van der Waals surface area contributed by atoms with E-state index in [9.17, 15) is 19.8 Å². The number of aliphatic carboxylic acids is 2. The molecule has 0 aromatic rings. The van der Waals surface area contributed by atoms with Crippen molar-refractivity contribution in [2.45, 2.75) is 45.1 Å². The van der Waals surface area contributed by atoms with Crippen LogP contribution in [0.4, 0.5) is 0 Å². The van der Waals surface area contributed by atoms with Crippen molar-refractivity contribution in [3.63, 3.8) is 0 Å². The smallest absolute Gasteiger partial charge is 0.550 e. The Morgan fingerprint density at radius 3 is 2.31 bits per heavy atom. The van der Waals surface area contributed by atoms with Crippen LogP contribution in [0.15, 0.2) is 0 Å². The Bertz CT molecular complexity index is 211. The maximum absolute atomic E-state index is 10.6. The van der Waals surface area contributed by atoms with Crippen LogP contribution < -0.4 is 15.5 Å². The van der Waals surface area contributed by atoms with E-state index in [1.807, 2.05) is 6.92 Å². The number of hydrogen-bond donors (Lipinski definition) is 1. The largest absolute Gasteiger partial charge is 2.00 e. The summed E-state index contributed by atoms with van der Waals surface area (Å²) in [6, 6.07) is -0.889. The zero-order valence-electron chi connectivity index (χ0n) is 9.66. The van der Waals surface area contributed by atoms with Gasteiger partial charge in [-0.25, -0.2) is 0 Å². The number of rotatable bonds is 9. The molecule has 0 aliphatic carbocycles. The van der Waals surface area contributed by atoms with Crippen LogP contribution in [-0.4, -0.2) is 47.6 Å². The van der Waals surface area contributed by atoms with E-state index in [1.54, 1.807) is 0 Å². The molecule has 88 valence electrons. The Balaban J connectivity index is 0. The van der Waals surface area contributed by atoms with Crippen molar-refractivity contribution < 1.29 is 19.8 Å². The molecular formula is C10H17MgNO4. The van der Waals surface area contributed by atoms with E-state index in [4.69, 9.17) is 0 Å². The summed E-state index contributed by atoms with van der Waals surface area (Å²) < 4.78 is 0.